The van der Waals surface area contributed by atoms with E-state index in [2.05, 4.69) is 5.16 Å². The van der Waals surface area contributed by atoms with Crippen LogP contribution in [0.5, 0.6) is 5.75 Å². The third-order valence-corrected chi connectivity index (χ3v) is 5.46. The molecular weight excluding hydrogens is 422 g/mol. The van der Waals surface area contributed by atoms with Crippen LogP contribution in [0.4, 0.5) is 8.78 Å². The molecular formula is C27H24F2N2O2. The quantitative estimate of drug-likeness (QED) is 0.234. The van der Waals surface area contributed by atoms with Gasteiger partial charge in [-0.25, -0.2) is 8.78 Å². The number of ether oxygens (including phenoxy) is 1. The summed E-state index contributed by atoms with van der Waals surface area (Å²) in [6.45, 7) is 3.99. The van der Waals surface area contributed by atoms with Crippen molar-refractivity contribution in [2.75, 3.05) is 7.11 Å². The lowest BCUT2D eigenvalue weighted by molar-refractivity contribution is 0.130. The van der Waals surface area contributed by atoms with E-state index in [1.807, 2.05) is 54.8 Å². The van der Waals surface area contributed by atoms with Crippen molar-refractivity contribution in [3.63, 3.8) is 0 Å². The first-order valence-electron chi connectivity index (χ1n) is 10.5. The molecule has 1 aromatic heterocycles. The van der Waals surface area contributed by atoms with Gasteiger partial charge < -0.3 is 14.1 Å². The second-order valence-electron chi connectivity index (χ2n) is 7.62. The molecule has 0 aliphatic rings. The van der Waals surface area contributed by atoms with Crippen molar-refractivity contribution in [1.82, 2.24) is 4.57 Å². The standard InChI is InChI=1S/C27H24F2N2O2/c1-18(30-33-17-20-8-12-22(28)13-9-20)24-16-27(21-10-14-23(32-3)15-11-21)31(19(24)2)26-7-5-4-6-25(26)29/h4-16H,17H2,1-3H3/b30-18-. The van der Waals surface area contributed by atoms with Gasteiger partial charge >= 0.3 is 0 Å². The summed E-state index contributed by atoms with van der Waals surface area (Å²) in [5, 5.41) is 4.26. The van der Waals surface area contributed by atoms with E-state index in [0.29, 0.717) is 11.4 Å². The van der Waals surface area contributed by atoms with Crippen molar-refractivity contribution in [2.45, 2.75) is 20.5 Å². The zero-order valence-electron chi connectivity index (χ0n) is 18.7. The average Bonchev–Trinajstić information content (AvgIpc) is 3.17. The van der Waals surface area contributed by atoms with E-state index in [1.54, 1.807) is 31.4 Å². The molecule has 0 unspecified atom stereocenters. The number of aromatic nitrogens is 1. The number of rotatable bonds is 7. The average molecular weight is 446 g/mol. The Balaban J connectivity index is 1.72. The number of hydrogen-bond acceptors (Lipinski definition) is 3. The molecule has 4 nitrogen and oxygen atoms in total. The largest absolute Gasteiger partial charge is 0.497 e. The first kappa shape index (κ1) is 22.3. The number of halogens is 2. The van der Waals surface area contributed by atoms with E-state index in [-0.39, 0.29) is 18.2 Å². The van der Waals surface area contributed by atoms with Crippen LogP contribution in [0, 0.1) is 18.6 Å². The highest BCUT2D eigenvalue weighted by atomic mass is 19.1. The van der Waals surface area contributed by atoms with Crippen LogP contribution in [0.1, 0.15) is 23.7 Å². The predicted octanol–water partition coefficient (Wildman–Crippen LogP) is 6.68. The molecule has 6 heteroatoms. The van der Waals surface area contributed by atoms with Crippen molar-refractivity contribution in [1.29, 1.82) is 0 Å². The molecule has 0 bridgehead atoms. The van der Waals surface area contributed by atoms with Gasteiger partial charge in [0.25, 0.3) is 0 Å². The summed E-state index contributed by atoms with van der Waals surface area (Å²) >= 11 is 0. The summed E-state index contributed by atoms with van der Waals surface area (Å²) < 4.78 is 35.0. The fraction of sp³-hybridized carbons (Fsp3) is 0.148. The highest BCUT2D eigenvalue weighted by Crippen LogP contribution is 2.32. The Labute approximate surface area is 191 Å². The molecule has 0 aliphatic heterocycles. The summed E-state index contributed by atoms with van der Waals surface area (Å²) in [7, 11) is 1.62. The number of hydrogen-bond donors (Lipinski definition) is 0. The van der Waals surface area contributed by atoms with Crippen LogP contribution in [-0.2, 0) is 11.4 Å². The maximum Gasteiger partial charge on any atom is 0.147 e. The SMILES string of the molecule is COc1ccc(-c2cc(/C(C)=N\OCc3ccc(F)cc3)c(C)n2-c2ccccc2F)cc1. The minimum atomic E-state index is -0.320. The van der Waals surface area contributed by atoms with Gasteiger partial charge in [-0.1, -0.05) is 29.4 Å². The van der Waals surface area contributed by atoms with Crippen LogP contribution in [0.3, 0.4) is 0 Å². The molecule has 0 spiro atoms. The van der Waals surface area contributed by atoms with E-state index >= 15 is 0 Å². The highest BCUT2D eigenvalue weighted by Gasteiger charge is 2.19. The van der Waals surface area contributed by atoms with Crippen LogP contribution in [0.15, 0.2) is 84.0 Å². The monoisotopic (exact) mass is 446 g/mol. The van der Waals surface area contributed by atoms with E-state index in [9.17, 15) is 8.78 Å². The molecule has 0 aliphatic carbocycles. The summed E-state index contributed by atoms with van der Waals surface area (Å²) in [6.07, 6.45) is 0. The molecule has 0 atom stereocenters. The number of para-hydroxylation sites is 1. The van der Waals surface area contributed by atoms with Gasteiger partial charge in [-0.15, -0.1) is 0 Å². The molecule has 168 valence electrons. The molecule has 33 heavy (non-hydrogen) atoms. The lowest BCUT2D eigenvalue weighted by Gasteiger charge is -2.13. The molecule has 0 N–H and O–H groups in total. The Morgan fingerprint density at radius 1 is 0.939 bits per heavy atom. The van der Waals surface area contributed by atoms with Crippen molar-refractivity contribution in [3.8, 4) is 22.7 Å². The van der Waals surface area contributed by atoms with Crippen LogP contribution >= 0.6 is 0 Å². The molecule has 0 radical (unpaired) electrons. The fourth-order valence-electron chi connectivity index (χ4n) is 3.72. The number of benzene rings is 3. The van der Waals surface area contributed by atoms with Crippen molar-refractivity contribution in [3.05, 3.63) is 107 Å². The van der Waals surface area contributed by atoms with Crippen LogP contribution in [-0.4, -0.2) is 17.4 Å². The molecule has 1 heterocycles. The molecule has 4 rings (SSSR count). The Bertz CT molecular complexity index is 1280. The minimum Gasteiger partial charge on any atom is -0.497 e. The van der Waals surface area contributed by atoms with E-state index < -0.39 is 0 Å². The fourth-order valence-corrected chi connectivity index (χ4v) is 3.72. The first-order chi connectivity index (χ1) is 16.0. The molecule has 0 saturated heterocycles. The second kappa shape index (κ2) is 9.69. The van der Waals surface area contributed by atoms with Crippen molar-refractivity contribution >= 4 is 5.71 Å². The summed E-state index contributed by atoms with van der Waals surface area (Å²) in [6, 6.07) is 22.3. The van der Waals surface area contributed by atoms with Crippen molar-refractivity contribution in [2.24, 2.45) is 5.16 Å². The molecule has 3 aromatic carbocycles. The van der Waals surface area contributed by atoms with E-state index in [1.165, 1.54) is 18.2 Å². The van der Waals surface area contributed by atoms with E-state index in [4.69, 9.17) is 9.57 Å². The zero-order valence-corrected chi connectivity index (χ0v) is 18.7. The van der Waals surface area contributed by atoms with Gasteiger partial charge in [0.2, 0.25) is 0 Å². The van der Waals surface area contributed by atoms with Gasteiger partial charge in [0.1, 0.15) is 24.0 Å². The van der Waals surface area contributed by atoms with Gasteiger partial charge in [-0.05, 0) is 79.6 Å². The maximum atomic E-state index is 14.8. The summed E-state index contributed by atoms with van der Waals surface area (Å²) in [4.78, 5) is 5.51. The van der Waals surface area contributed by atoms with Gasteiger partial charge in [0.15, 0.2) is 0 Å². The Hall–Kier alpha value is -3.93. The van der Waals surface area contributed by atoms with Gasteiger partial charge in [0, 0.05) is 11.3 Å². The molecule has 0 saturated carbocycles. The lowest BCUT2D eigenvalue weighted by atomic mass is 10.1. The third-order valence-electron chi connectivity index (χ3n) is 5.46. The normalized spacial score (nSPS) is 11.5. The number of nitrogens with zero attached hydrogens (tertiary/aromatic N) is 2. The van der Waals surface area contributed by atoms with Gasteiger partial charge in [-0.3, -0.25) is 0 Å². The topological polar surface area (TPSA) is 35.8 Å². The third kappa shape index (κ3) is 4.80. The summed E-state index contributed by atoms with van der Waals surface area (Å²) in [5.74, 6) is 0.126. The van der Waals surface area contributed by atoms with Crippen LogP contribution in [0.25, 0.3) is 16.9 Å². The smallest absolute Gasteiger partial charge is 0.147 e. The van der Waals surface area contributed by atoms with Crippen LogP contribution < -0.4 is 4.74 Å². The Kier molecular flexibility index (Phi) is 6.54. The van der Waals surface area contributed by atoms with E-state index in [0.717, 1.165) is 33.8 Å². The zero-order chi connectivity index (χ0) is 23.4. The minimum absolute atomic E-state index is 0.218. The Morgan fingerprint density at radius 3 is 2.30 bits per heavy atom. The maximum absolute atomic E-state index is 14.8. The molecule has 4 aromatic rings. The highest BCUT2D eigenvalue weighted by molar-refractivity contribution is 6.01. The first-order valence-corrected chi connectivity index (χ1v) is 10.5. The second-order valence-corrected chi connectivity index (χ2v) is 7.62. The molecule has 0 fully saturated rings. The predicted molar refractivity (Wildman–Crippen MR) is 126 cm³/mol. The molecule has 0 amide bonds. The Morgan fingerprint density at radius 2 is 1.64 bits per heavy atom. The van der Waals surface area contributed by atoms with Crippen LogP contribution in [0.2, 0.25) is 0 Å². The van der Waals surface area contributed by atoms with Gasteiger partial charge in [0.05, 0.1) is 24.2 Å². The van der Waals surface area contributed by atoms with Crippen molar-refractivity contribution < 1.29 is 18.4 Å². The van der Waals surface area contributed by atoms with Gasteiger partial charge in [-0.2, -0.15) is 0 Å². The summed E-state index contributed by atoms with van der Waals surface area (Å²) in [5.41, 5.74) is 5.32. The number of methoxy groups -OCH3 is 1. The lowest BCUT2D eigenvalue weighted by Crippen LogP contribution is -2.04. The number of oxime groups is 1.